The van der Waals surface area contributed by atoms with E-state index in [1.165, 1.54) is 0 Å². The molecular formula is C17H21N3O3S. The number of hydrogen-bond donors (Lipinski definition) is 0. The van der Waals surface area contributed by atoms with Crippen molar-refractivity contribution in [3.05, 3.63) is 33.6 Å². The molecule has 1 saturated carbocycles. The highest BCUT2D eigenvalue weighted by molar-refractivity contribution is 7.13. The molecule has 24 heavy (non-hydrogen) atoms. The van der Waals surface area contributed by atoms with Gasteiger partial charge in [0.1, 0.15) is 6.61 Å². The zero-order chi connectivity index (χ0) is 16.5. The highest BCUT2D eigenvalue weighted by Crippen LogP contribution is 2.38. The summed E-state index contributed by atoms with van der Waals surface area (Å²) in [5.41, 5.74) is 0. The summed E-state index contributed by atoms with van der Waals surface area (Å²) in [4.78, 5) is 20.8. The number of amides is 1. The number of rotatable bonds is 5. The molecule has 0 spiro atoms. The Bertz CT molecular complexity index is 722. The fourth-order valence-corrected chi connectivity index (χ4v) is 3.82. The molecule has 2 aliphatic rings. The first-order valence-electron chi connectivity index (χ1n) is 8.49. The van der Waals surface area contributed by atoms with Gasteiger partial charge in [-0.25, -0.2) is 0 Å². The molecular weight excluding hydrogens is 326 g/mol. The number of likely N-dealkylation sites (tertiary alicyclic amines) is 1. The Kier molecular flexibility index (Phi) is 4.37. The maximum absolute atomic E-state index is 12.6. The molecule has 3 heterocycles. The van der Waals surface area contributed by atoms with E-state index in [4.69, 9.17) is 9.26 Å². The van der Waals surface area contributed by atoms with Gasteiger partial charge in [-0.1, -0.05) is 5.16 Å². The van der Waals surface area contributed by atoms with E-state index in [2.05, 4.69) is 10.1 Å². The van der Waals surface area contributed by atoms with Crippen LogP contribution in [0.1, 0.15) is 57.9 Å². The summed E-state index contributed by atoms with van der Waals surface area (Å²) in [6.45, 7) is 3.76. The molecule has 2 fully saturated rings. The molecule has 0 aromatic carbocycles. The second kappa shape index (κ2) is 6.64. The van der Waals surface area contributed by atoms with Crippen LogP contribution >= 0.6 is 11.3 Å². The van der Waals surface area contributed by atoms with Gasteiger partial charge in [-0.2, -0.15) is 4.98 Å². The van der Waals surface area contributed by atoms with Gasteiger partial charge in [0.2, 0.25) is 0 Å². The fourth-order valence-electron chi connectivity index (χ4n) is 2.99. The van der Waals surface area contributed by atoms with E-state index in [1.807, 2.05) is 24.0 Å². The van der Waals surface area contributed by atoms with Crippen molar-refractivity contribution in [1.82, 2.24) is 15.0 Å². The van der Waals surface area contributed by atoms with Crippen LogP contribution in [0.4, 0.5) is 0 Å². The van der Waals surface area contributed by atoms with Crippen molar-refractivity contribution in [2.75, 3.05) is 13.1 Å². The lowest BCUT2D eigenvalue weighted by Gasteiger charge is -2.32. The van der Waals surface area contributed by atoms with Gasteiger partial charge in [0, 0.05) is 23.9 Å². The highest BCUT2D eigenvalue weighted by Gasteiger charge is 2.29. The van der Waals surface area contributed by atoms with Crippen molar-refractivity contribution >= 4 is 17.2 Å². The zero-order valence-corrected chi connectivity index (χ0v) is 14.6. The Labute approximate surface area is 144 Å². The van der Waals surface area contributed by atoms with Crippen LogP contribution in [0.2, 0.25) is 0 Å². The third kappa shape index (κ3) is 3.52. The van der Waals surface area contributed by atoms with Gasteiger partial charge in [0.25, 0.3) is 11.8 Å². The summed E-state index contributed by atoms with van der Waals surface area (Å²) in [7, 11) is 0. The highest BCUT2D eigenvalue weighted by atomic mass is 32.1. The maximum atomic E-state index is 12.6. The molecule has 1 amide bonds. The number of nitrogens with zero attached hydrogens (tertiary/aromatic N) is 3. The number of carbonyl (C=O) groups excluding carboxylic acids is 1. The lowest BCUT2D eigenvalue weighted by molar-refractivity contribution is -0.0152. The van der Waals surface area contributed by atoms with E-state index in [0.717, 1.165) is 47.8 Å². The molecule has 0 radical (unpaired) electrons. The van der Waals surface area contributed by atoms with E-state index in [-0.39, 0.29) is 12.0 Å². The Balaban J connectivity index is 1.31. The Morgan fingerprint density at radius 2 is 2.29 bits per heavy atom. The van der Waals surface area contributed by atoms with Crippen LogP contribution in [0.15, 0.2) is 16.7 Å². The number of aryl methyl sites for hydroxylation is 1. The Morgan fingerprint density at radius 1 is 1.42 bits per heavy atom. The second-order valence-corrected chi connectivity index (χ2v) is 7.85. The topological polar surface area (TPSA) is 68.5 Å². The third-order valence-corrected chi connectivity index (χ3v) is 5.47. The van der Waals surface area contributed by atoms with Crippen LogP contribution < -0.4 is 0 Å². The van der Waals surface area contributed by atoms with E-state index in [0.29, 0.717) is 25.0 Å². The molecule has 1 aliphatic carbocycles. The lowest BCUT2D eigenvalue weighted by atomic mass is 10.1. The molecule has 6 nitrogen and oxygen atoms in total. The number of thiophene rings is 1. The number of carbonyl (C=O) groups is 1. The van der Waals surface area contributed by atoms with Crippen molar-refractivity contribution in [2.24, 2.45) is 0 Å². The molecule has 0 bridgehead atoms. The first-order valence-corrected chi connectivity index (χ1v) is 9.30. The summed E-state index contributed by atoms with van der Waals surface area (Å²) in [5, 5.41) is 4.00. The minimum atomic E-state index is 0.0278. The predicted octanol–water partition coefficient (Wildman–Crippen LogP) is 3.14. The van der Waals surface area contributed by atoms with Crippen molar-refractivity contribution in [2.45, 2.75) is 51.2 Å². The zero-order valence-electron chi connectivity index (χ0n) is 13.7. The SMILES string of the molecule is Cc1ccc(C(=O)N2CCCC(OCc3nc(C4CC4)no3)C2)s1. The van der Waals surface area contributed by atoms with E-state index in [1.54, 1.807) is 11.3 Å². The van der Waals surface area contributed by atoms with Crippen molar-refractivity contribution < 1.29 is 14.1 Å². The minimum absolute atomic E-state index is 0.0278. The van der Waals surface area contributed by atoms with Gasteiger partial charge in [0.15, 0.2) is 5.82 Å². The van der Waals surface area contributed by atoms with Gasteiger partial charge < -0.3 is 14.2 Å². The molecule has 7 heteroatoms. The van der Waals surface area contributed by atoms with Crippen molar-refractivity contribution in [3.8, 4) is 0 Å². The normalized spacial score (nSPS) is 21.2. The Morgan fingerprint density at radius 3 is 3.04 bits per heavy atom. The number of ether oxygens (including phenoxy) is 1. The molecule has 0 N–H and O–H groups in total. The third-order valence-electron chi connectivity index (χ3n) is 4.49. The van der Waals surface area contributed by atoms with Crippen LogP contribution in [-0.2, 0) is 11.3 Å². The smallest absolute Gasteiger partial charge is 0.264 e. The maximum Gasteiger partial charge on any atom is 0.264 e. The molecule has 1 saturated heterocycles. The van der Waals surface area contributed by atoms with Crippen LogP contribution in [0.5, 0.6) is 0 Å². The average molecular weight is 347 g/mol. The molecule has 1 aliphatic heterocycles. The number of hydrogen-bond acceptors (Lipinski definition) is 6. The van der Waals surface area contributed by atoms with Crippen molar-refractivity contribution in [3.63, 3.8) is 0 Å². The van der Waals surface area contributed by atoms with Crippen molar-refractivity contribution in [1.29, 1.82) is 0 Å². The molecule has 128 valence electrons. The summed E-state index contributed by atoms with van der Waals surface area (Å²) in [5.74, 6) is 1.94. The van der Waals surface area contributed by atoms with E-state index < -0.39 is 0 Å². The van der Waals surface area contributed by atoms with Gasteiger partial charge in [0.05, 0.1) is 11.0 Å². The van der Waals surface area contributed by atoms with Crippen LogP contribution in [-0.4, -0.2) is 40.1 Å². The Hall–Kier alpha value is -1.73. The lowest BCUT2D eigenvalue weighted by Crippen LogP contribution is -2.43. The summed E-state index contributed by atoms with van der Waals surface area (Å²) in [6.07, 6.45) is 4.25. The number of piperidine rings is 1. The predicted molar refractivity (Wildman–Crippen MR) is 89.0 cm³/mol. The standard InChI is InChI=1S/C17H21N3O3S/c1-11-4-7-14(24-11)17(21)20-8-2-3-13(9-20)22-10-15-18-16(19-23-15)12-5-6-12/h4,7,12-13H,2-3,5-6,8-10H2,1H3. The van der Waals surface area contributed by atoms with Gasteiger partial charge >= 0.3 is 0 Å². The molecule has 1 atom stereocenters. The van der Waals surface area contributed by atoms with Crippen LogP contribution in [0, 0.1) is 6.92 Å². The molecule has 2 aromatic rings. The van der Waals surface area contributed by atoms with Crippen LogP contribution in [0.3, 0.4) is 0 Å². The minimum Gasteiger partial charge on any atom is -0.367 e. The van der Waals surface area contributed by atoms with Gasteiger partial charge in [-0.15, -0.1) is 11.3 Å². The second-order valence-electron chi connectivity index (χ2n) is 6.56. The monoisotopic (exact) mass is 347 g/mol. The summed E-state index contributed by atoms with van der Waals surface area (Å²) < 4.78 is 11.2. The van der Waals surface area contributed by atoms with E-state index >= 15 is 0 Å². The number of aromatic nitrogens is 2. The quantitative estimate of drug-likeness (QED) is 0.831. The first-order chi connectivity index (χ1) is 11.7. The summed E-state index contributed by atoms with van der Waals surface area (Å²) >= 11 is 1.55. The molecule has 4 rings (SSSR count). The van der Waals surface area contributed by atoms with Gasteiger partial charge in [-0.3, -0.25) is 4.79 Å². The fraction of sp³-hybridized carbons (Fsp3) is 0.588. The largest absolute Gasteiger partial charge is 0.367 e. The van der Waals surface area contributed by atoms with Gasteiger partial charge in [-0.05, 0) is 44.7 Å². The van der Waals surface area contributed by atoms with Crippen LogP contribution in [0.25, 0.3) is 0 Å². The molecule has 1 unspecified atom stereocenters. The molecule has 2 aromatic heterocycles. The average Bonchev–Trinajstić information content (AvgIpc) is 3.18. The van der Waals surface area contributed by atoms with E-state index in [9.17, 15) is 4.79 Å². The summed E-state index contributed by atoms with van der Waals surface area (Å²) in [6, 6.07) is 3.90. The first kappa shape index (κ1) is 15.8.